The summed E-state index contributed by atoms with van der Waals surface area (Å²) in [6, 6.07) is 4.41. The first-order chi connectivity index (χ1) is 9.51. The number of benzene rings is 1. The molecule has 0 radical (unpaired) electrons. The lowest BCUT2D eigenvalue weighted by Gasteiger charge is -2.22. The molecule has 0 saturated heterocycles. The van der Waals surface area contributed by atoms with E-state index in [-0.39, 0.29) is 16.6 Å². The van der Waals surface area contributed by atoms with Crippen LogP contribution in [0.25, 0.3) is 0 Å². The molecule has 2 N–H and O–H groups in total. The second kappa shape index (κ2) is 6.13. The normalized spacial score (nSPS) is 13.9. The van der Waals surface area contributed by atoms with Crippen LogP contribution in [0.1, 0.15) is 36.5 Å². The Morgan fingerprint density at radius 1 is 1.40 bits per heavy atom. The topological polar surface area (TPSA) is 69.6 Å². The maximum atomic E-state index is 12.2. The number of urea groups is 1. The van der Waals surface area contributed by atoms with Crippen molar-refractivity contribution in [2.24, 2.45) is 0 Å². The summed E-state index contributed by atoms with van der Waals surface area (Å²) < 4.78 is 0. The number of hydrogen-bond donors (Lipinski definition) is 2. The molecule has 1 fully saturated rings. The number of carboxylic acid groups (broad SMARTS) is 1. The summed E-state index contributed by atoms with van der Waals surface area (Å²) in [6.07, 6.45) is 2.95. The van der Waals surface area contributed by atoms with Gasteiger partial charge in [-0.15, -0.1) is 0 Å². The number of amides is 2. The van der Waals surface area contributed by atoms with Crippen molar-refractivity contribution in [2.45, 2.75) is 32.2 Å². The Morgan fingerprint density at radius 3 is 2.65 bits per heavy atom. The van der Waals surface area contributed by atoms with Crippen molar-refractivity contribution in [2.75, 3.05) is 11.9 Å². The van der Waals surface area contributed by atoms with Gasteiger partial charge in [-0.2, -0.15) is 0 Å². The van der Waals surface area contributed by atoms with Gasteiger partial charge in [0.1, 0.15) is 0 Å². The number of anilines is 1. The minimum Gasteiger partial charge on any atom is -0.478 e. The molecule has 5 nitrogen and oxygen atoms in total. The summed E-state index contributed by atoms with van der Waals surface area (Å²) in [4.78, 5) is 25.0. The molecule has 2 amide bonds. The lowest BCUT2D eigenvalue weighted by molar-refractivity contribution is 0.0697. The maximum Gasteiger partial charge on any atom is 0.335 e. The highest BCUT2D eigenvalue weighted by atomic mass is 35.5. The Balaban J connectivity index is 2.12. The maximum absolute atomic E-state index is 12.2. The number of aromatic carboxylic acids is 1. The predicted octanol–water partition coefficient (Wildman–Crippen LogP) is 3.44. The van der Waals surface area contributed by atoms with E-state index in [1.807, 2.05) is 6.92 Å². The number of carbonyl (C=O) groups is 2. The first-order valence-electron chi connectivity index (χ1n) is 6.62. The molecule has 0 aromatic heterocycles. The second-order valence-electron chi connectivity index (χ2n) is 4.89. The monoisotopic (exact) mass is 296 g/mol. The van der Waals surface area contributed by atoms with E-state index in [0.29, 0.717) is 18.3 Å². The SMILES string of the molecule is CCCN(C(=O)Nc1cc(Cl)cc(C(=O)O)c1)C1CC1. The first-order valence-corrected chi connectivity index (χ1v) is 7.00. The van der Waals surface area contributed by atoms with Crippen molar-refractivity contribution < 1.29 is 14.7 Å². The molecule has 108 valence electrons. The van der Waals surface area contributed by atoms with E-state index in [4.69, 9.17) is 16.7 Å². The molecule has 1 aliphatic carbocycles. The molecule has 1 aromatic carbocycles. The molecule has 0 spiro atoms. The molecular weight excluding hydrogens is 280 g/mol. The molecule has 0 unspecified atom stereocenters. The lowest BCUT2D eigenvalue weighted by atomic mass is 10.2. The fourth-order valence-electron chi connectivity index (χ4n) is 2.06. The number of hydrogen-bond acceptors (Lipinski definition) is 2. The van der Waals surface area contributed by atoms with E-state index < -0.39 is 5.97 Å². The van der Waals surface area contributed by atoms with Crippen LogP contribution in [0.15, 0.2) is 18.2 Å². The fraction of sp³-hybridized carbons (Fsp3) is 0.429. The van der Waals surface area contributed by atoms with Gasteiger partial charge >= 0.3 is 12.0 Å². The van der Waals surface area contributed by atoms with Crippen molar-refractivity contribution in [3.05, 3.63) is 28.8 Å². The third kappa shape index (κ3) is 3.63. The summed E-state index contributed by atoms with van der Waals surface area (Å²) in [7, 11) is 0. The third-order valence-electron chi connectivity index (χ3n) is 3.11. The number of carboxylic acids is 1. The lowest BCUT2D eigenvalue weighted by Crippen LogP contribution is -2.37. The van der Waals surface area contributed by atoms with Crippen molar-refractivity contribution in [1.82, 2.24) is 4.90 Å². The molecule has 1 aromatic rings. The van der Waals surface area contributed by atoms with Gasteiger partial charge in [-0.25, -0.2) is 9.59 Å². The van der Waals surface area contributed by atoms with Gasteiger partial charge in [-0.3, -0.25) is 0 Å². The van der Waals surface area contributed by atoms with Gasteiger partial charge in [0.05, 0.1) is 5.56 Å². The molecule has 1 saturated carbocycles. The van der Waals surface area contributed by atoms with Gasteiger partial charge in [-0.05, 0) is 37.5 Å². The average Bonchev–Trinajstić information content (AvgIpc) is 3.19. The quantitative estimate of drug-likeness (QED) is 0.874. The van der Waals surface area contributed by atoms with Crippen LogP contribution in [0, 0.1) is 0 Å². The number of nitrogens with one attached hydrogen (secondary N) is 1. The number of nitrogens with zero attached hydrogens (tertiary/aromatic N) is 1. The summed E-state index contributed by atoms with van der Waals surface area (Å²) in [5.74, 6) is -1.07. The Bertz CT molecular complexity index is 529. The van der Waals surface area contributed by atoms with Crippen LogP contribution in [0.3, 0.4) is 0 Å². The molecule has 20 heavy (non-hydrogen) atoms. The number of carbonyl (C=O) groups excluding carboxylic acids is 1. The van der Waals surface area contributed by atoms with Crippen LogP contribution in [0.4, 0.5) is 10.5 Å². The van der Waals surface area contributed by atoms with E-state index in [0.717, 1.165) is 19.3 Å². The molecule has 6 heteroatoms. The van der Waals surface area contributed by atoms with Crippen LogP contribution in [0.5, 0.6) is 0 Å². The van der Waals surface area contributed by atoms with Crippen LogP contribution in [-0.4, -0.2) is 34.6 Å². The molecule has 2 rings (SSSR count). The highest BCUT2D eigenvalue weighted by Gasteiger charge is 2.31. The van der Waals surface area contributed by atoms with Crippen molar-refractivity contribution in [3.8, 4) is 0 Å². The molecule has 0 aliphatic heterocycles. The van der Waals surface area contributed by atoms with Gasteiger partial charge in [0.25, 0.3) is 0 Å². The van der Waals surface area contributed by atoms with Gasteiger partial charge < -0.3 is 15.3 Å². The van der Waals surface area contributed by atoms with E-state index in [9.17, 15) is 9.59 Å². The third-order valence-corrected chi connectivity index (χ3v) is 3.33. The minimum atomic E-state index is -1.07. The van der Waals surface area contributed by atoms with Crippen molar-refractivity contribution in [1.29, 1.82) is 0 Å². The molecule has 1 aliphatic rings. The number of rotatable bonds is 5. The molecular formula is C14H17ClN2O3. The average molecular weight is 297 g/mol. The molecule has 0 atom stereocenters. The predicted molar refractivity (Wildman–Crippen MR) is 77.4 cm³/mol. The summed E-state index contributed by atoms with van der Waals surface area (Å²) in [6.45, 7) is 2.72. The zero-order valence-corrected chi connectivity index (χ0v) is 12.0. The first kappa shape index (κ1) is 14.7. The van der Waals surface area contributed by atoms with Crippen LogP contribution < -0.4 is 5.32 Å². The largest absolute Gasteiger partial charge is 0.478 e. The molecule has 0 heterocycles. The second-order valence-corrected chi connectivity index (χ2v) is 5.32. The highest BCUT2D eigenvalue weighted by Crippen LogP contribution is 2.28. The Morgan fingerprint density at radius 2 is 2.10 bits per heavy atom. The van der Waals surface area contributed by atoms with Crippen LogP contribution in [0.2, 0.25) is 5.02 Å². The van der Waals surface area contributed by atoms with Gasteiger partial charge in [0, 0.05) is 23.3 Å². The zero-order valence-electron chi connectivity index (χ0n) is 11.2. The number of halogens is 1. The smallest absolute Gasteiger partial charge is 0.335 e. The van der Waals surface area contributed by atoms with Crippen molar-refractivity contribution >= 4 is 29.3 Å². The van der Waals surface area contributed by atoms with E-state index in [1.165, 1.54) is 12.1 Å². The Labute approximate surface area is 122 Å². The summed E-state index contributed by atoms with van der Waals surface area (Å²) >= 11 is 5.86. The minimum absolute atomic E-state index is 0.0567. The molecule has 0 bridgehead atoms. The summed E-state index contributed by atoms with van der Waals surface area (Å²) in [5, 5.41) is 12.0. The summed E-state index contributed by atoms with van der Waals surface area (Å²) in [5.41, 5.74) is 0.461. The van der Waals surface area contributed by atoms with Gasteiger partial charge in [-0.1, -0.05) is 18.5 Å². The fourth-order valence-corrected chi connectivity index (χ4v) is 2.29. The Hall–Kier alpha value is -1.75. The Kier molecular flexibility index (Phi) is 4.49. The zero-order chi connectivity index (χ0) is 14.7. The van der Waals surface area contributed by atoms with E-state index in [2.05, 4.69) is 5.32 Å². The van der Waals surface area contributed by atoms with Crippen LogP contribution >= 0.6 is 11.6 Å². The van der Waals surface area contributed by atoms with Gasteiger partial charge in [0.15, 0.2) is 0 Å². The van der Waals surface area contributed by atoms with E-state index >= 15 is 0 Å². The van der Waals surface area contributed by atoms with Gasteiger partial charge in [0.2, 0.25) is 0 Å². The van der Waals surface area contributed by atoms with Crippen molar-refractivity contribution in [3.63, 3.8) is 0 Å². The van der Waals surface area contributed by atoms with Crippen LogP contribution in [-0.2, 0) is 0 Å². The van der Waals surface area contributed by atoms with E-state index in [1.54, 1.807) is 11.0 Å². The standard InChI is InChI=1S/C14H17ClN2O3/c1-2-5-17(12-3-4-12)14(20)16-11-7-9(13(18)19)6-10(15)8-11/h6-8,12H,2-5H2,1H3,(H,16,20)(H,18,19). The highest BCUT2D eigenvalue weighted by molar-refractivity contribution is 6.31.